The molecular weight excluding hydrogens is 558 g/mol. The third-order valence-corrected chi connectivity index (χ3v) is 6.40. The maximum absolute atomic E-state index is 13.9. The molecule has 0 amide bonds. The van der Waals surface area contributed by atoms with E-state index in [1.807, 2.05) is 20.8 Å². The maximum atomic E-state index is 13.9. The molecule has 1 aromatic heterocycles. The molecule has 41 heavy (non-hydrogen) atoms. The SMILES string of the molecule is COc1ccc(-c2cc3ccc(OCC(C)(COC(=O)CCC(C)(C)C)C(F)(F)F)cc3oc2=O)c(C(F)(F)F)c1. The van der Waals surface area contributed by atoms with Gasteiger partial charge in [-0.05, 0) is 55.2 Å². The monoisotopic (exact) mass is 588 g/mol. The van der Waals surface area contributed by atoms with Crippen LogP contribution in [0.3, 0.4) is 0 Å². The number of hydrogen-bond donors (Lipinski definition) is 0. The molecule has 3 rings (SSSR count). The second-order valence-electron chi connectivity index (χ2n) is 11.1. The van der Waals surface area contributed by atoms with Crippen LogP contribution in [0, 0.1) is 10.8 Å². The molecule has 0 aliphatic rings. The van der Waals surface area contributed by atoms with E-state index in [0.29, 0.717) is 6.42 Å². The van der Waals surface area contributed by atoms with Gasteiger partial charge < -0.3 is 18.6 Å². The largest absolute Gasteiger partial charge is 0.497 e. The first-order chi connectivity index (χ1) is 18.8. The molecule has 0 radical (unpaired) electrons. The zero-order valence-corrected chi connectivity index (χ0v) is 23.1. The van der Waals surface area contributed by atoms with Crippen LogP contribution < -0.4 is 15.1 Å². The molecule has 2 aromatic carbocycles. The first-order valence-corrected chi connectivity index (χ1v) is 12.5. The molecule has 0 bridgehead atoms. The molecule has 1 atom stereocenters. The van der Waals surface area contributed by atoms with Gasteiger partial charge in [0, 0.05) is 23.4 Å². The van der Waals surface area contributed by atoms with Crippen LogP contribution in [0.15, 0.2) is 51.7 Å². The highest BCUT2D eigenvalue weighted by Crippen LogP contribution is 2.40. The third-order valence-electron chi connectivity index (χ3n) is 6.40. The molecule has 0 saturated carbocycles. The van der Waals surface area contributed by atoms with Gasteiger partial charge in [-0.25, -0.2) is 4.79 Å². The number of methoxy groups -OCH3 is 1. The fourth-order valence-corrected chi connectivity index (χ4v) is 3.73. The lowest BCUT2D eigenvalue weighted by Crippen LogP contribution is -2.44. The number of esters is 1. The van der Waals surface area contributed by atoms with Crippen LogP contribution >= 0.6 is 0 Å². The van der Waals surface area contributed by atoms with Crippen molar-refractivity contribution < 1.29 is 49.8 Å². The topological polar surface area (TPSA) is 75.0 Å². The molecule has 1 heterocycles. The van der Waals surface area contributed by atoms with Crippen LogP contribution in [0.4, 0.5) is 26.3 Å². The fraction of sp³-hybridized carbons (Fsp3) is 0.448. The van der Waals surface area contributed by atoms with E-state index in [-0.39, 0.29) is 39.9 Å². The van der Waals surface area contributed by atoms with Gasteiger partial charge in [-0.15, -0.1) is 0 Å². The Morgan fingerprint density at radius 1 is 0.854 bits per heavy atom. The van der Waals surface area contributed by atoms with Crippen LogP contribution in [-0.2, 0) is 15.7 Å². The Bertz CT molecular complexity index is 1450. The second kappa shape index (κ2) is 11.7. The van der Waals surface area contributed by atoms with Crippen molar-refractivity contribution in [1.82, 2.24) is 0 Å². The summed E-state index contributed by atoms with van der Waals surface area (Å²) in [4.78, 5) is 24.7. The van der Waals surface area contributed by atoms with Crippen molar-refractivity contribution in [2.75, 3.05) is 20.3 Å². The van der Waals surface area contributed by atoms with E-state index >= 15 is 0 Å². The Morgan fingerprint density at radius 3 is 2.10 bits per heavy atom. The molecule has 0 spiro atoms. The minimum Gasteiger partial charge on any atom is -0.497 e. The van der Waals surface area contributed by atoms with Gasteiger partial charge in [0.25, 0.3) is 0 Å². The van der Waals surface area contributed by atoms with Crippen molar-refractivity contribution >= 4 is 16.9 Å². The molecule has 0 N–H and O–H groups in total. The molecule has 1 unspecified atom stereocenters. The van der Waals surface area contributed by atoms with Crippen molar-refractivity contribution in [2.24, 2.45) is 10.8 Å². The molecule has 12 heteroatoms. The summed E-state index contributed by atoms with van der Waals surface area (Å²) >= 11 is 0. The molecule has 0 fully saturated rings. The van der Waals surface area contributed by atoms with Gasteiger partial charge in [-0.2, -0.15) is 26.3 Å². The number of hydrogen-bond acceptors (Lipinski definition) is 6. The van der Waals surface area contributed by atoms with Crippen molar-refractivity contribution in [1.29, 1.82) is 0 Å². The number of carbonyl (C=O) groups is 1. The Morgan fingerprint density at radius 2 is 1.51 bits per heavy atom. The van der Waals surface area contributed by atoms with Gasteiger partial charge in [0.2, 0.25) is 0 Å². The summed E-state index contributed by atoms with van der Waals surface area (Å²) in [6.07, 6.45) is -9.19. The van der Waals surface area contributed by atoms with Gasteiger partial charge in [0.05, 0.1) is 18.2 Å². The number of alkyl halides is 6. The Kier molecular flexibility index (Phi) is 9.05. The van der Waals surface area contributed by atoms with E-state index in [4.69, 9.17) is 18.6 Å². The first-order valence-electron chi connectivity index (χ1n) is 12.5. The summed E-state index contributed by atoms with van der Waals surface area (Å²) in [5, 5.41) is 0.210. The van der Waals surface area contributed by atoms with Gasteiger partial charge in [0.1, 0.15) is 35.7 Å². The maximum Gasteiger partial charge on any atom is 0.417 e. The summed E-state index contributed by atoms with van der Waals surface area (Å²) < 4.78 is 103. The van der Waals surface area contributed by atoms with Crippen molar-refractivity contribution in [2.45, 2.75) is 52.9 Å². The summed E-state index contributed by atoms with van der Waals surface area (Å²) in [7, 11) is 1.21. The number of ether oxygens (including phenoxy) is 3. The van der Waals surface area contributed by atoms with Gasteiger partial charge in [-0.1, -0.05) is 20.8 Å². The first kappa shape index (κ1) is 31.8. The van der Waals surface area contributed by atoms with E-state index < -0.39 is 53.7 Å². The number of benzene rings is 2. The van der Waals surface area contributed by atoms with Crippen molar-refractivity contribution in [3.63, 3.8) is 0 Å². The average molecular weight is 589 g/mol. The fourth-order valence-electron chi connectivity index (χ4n) is 3.73. The number of rotatable bonds is 9. The second-order valence-corrected chi connectivity index (χ2v) is 11.1. The smallest absolute Gasteiger partial charge is 0.417 e. The highest BCUT2D eigenvalue weighted by atomic mass is 19.4. The molecule has 0 saturated heterocycles. The highest BCUT2D eigenvalue weighted by Gasteiger charge is 2.53. The minimum atomic E-state index is -4.80. The van der Waals surface area contributed by atoms with Crippen LogP contribution in [0.1, 0.15) is 46.1 Å². The van der Waals surface area contributed by atoms with Crippen LogP contribution in [0.25, 0.3) is 22.1 Å². The third kappa shape index (κ3) is 7.95. The highest BCUT2D eigenvalue weighted by molar-refractivity contribution is 5.83. The summed E-state index contributed by atoms with van der Waals surface area (Å²) in [6.45, 7) is 4.63. The molecule has 0 aliphatic carbocycles. The van der Waals surface area contributed by atoms with E-state index in [9.17, 15) is 35.9 Å². The summed E-state index contributed by atoms with van der Waals surface area (Å²) in [6, 6.07) is 8.09. The van der Waals surface area contributed by atoms with Gasteiger partial charge in [-0.3, -0.25) is 4.79 Å². The summed E-state index contributed by atoms with van der Waals surface area (Å²) in [5.74, 6) is -0.911. The van der Waals surface area contributed by atoms with E-state index in [0.717, 1.165) is 25.1 Å². The number of halogens is 6. The van der Waals surface area contributed by atoms with Gasteiger partial charge in [0.15, 0.2) is 0 Å². The predicted octanol–water partition coefficient (Wildman–Crippen LogP) is 7.80. The number of carbonyl (C=O) groups excluding carboxylic acids is 1. The molecule has 224 valence electrons. The summed E-state index contributed by atoms with van der Waals surface area (Å²) in [5.41, 5.74) is -5.84. The standard InChI is InChI=1S/C29H30F6O6/c1-26(2,3)11-10-24(36)40-16-27(4,29(33,34)35)15-39-19-7-6-17-12-21(25(37)41-23(17)14-19)20-9-8-18(38-5)13-22(20)28(30,31)32/h6-9,12-14H,10-11,15-16H2,1-5H3. The van der Waals surface area contributed by atoms with E-state index in [1.54, 1.807) is 0 Å². The lowest BCUT2D eigenvalue weighted by Gasteiger charge is -2.31. The molecular formula is C29H30F6O6. The lowest BCUT2D eigenvalue weighted by molar-refractivity contribution is -0.240. The molecule has 0 aliphatic heterocycles. The zero-order valence-electron chi connectivity index (χ0n) is 23.1. The lowest BCUT2D eigenvalue weighted by atomic mass is 9.90. The van der Waals surface area contributed by atoms with Crippen LogP contribution in [0.5, 0.6) is 11.5 Å². The van der Waals surface area contributed by atoms with Crippen molar-refractivity contribution in [3.05, 3.63) is 58.4 Å². The quantitative estimate of drug-likeness (QED) is 0.144. The normalized spacial score (nSPS) is 14.0. The Balaban J connectivity index is 1.84. The van der Waals surface area contributed by atoms with E-state index in [2.05, 4.69) is 0 Å². The van der Waals surface area contributed by atoms with Crippen molar-refractivity contribution in [3.8, 4) is 22.6 Å². The number of fused-ring (bicyclic) bond motifs is 1. The predicted molar refractivity (Wildman–Crippen MR) is 139 cm³/mol. The van der Waals surface area contributed by atoms with Gasteiger partial charge >= 0.3 is 23.9 Å². The Hall–Kier alpha value is -3.70. The average Bonchev–Trinajstić information content (AvgIpc) is 2.87. The molecule has 3 aromatic rings. The van der Waals surface area contributed by atoms with E-state index in [1.165, 1.54) is 31.4 Å². The minimum absolute atomic E-state index is 0.0367. The molecule has 6 nitrogen and oxygen atoms in total. The Labute approximate surface area is 232 Å². The van der Waals surface area contributed by atoms with Crippen LogP contribution in [-0.4, -0.2) is 32.5 Å². The zero-order chi connectivity index (χ0) is 30.8. The van der Waals surface area contributed by atoms with Crippen LogP contribution in [0.2, 0.25) is 0 Å².